The largest absolute Gasteiger partial charge is 0.474 e. The standard InChI is InChI=1S/C22H46NO6P/c1-3-4-5-6-7-8-9-10-11-12-13-14-15-17-22(24)27-19-16-20-28-30(25,26-2)29-21-18-23/h3-21,23H2,1-2H3. The van der Waals surface area contributed by atoms with Crippen molar-refractivity contribution in [1.82, 2.24) is 0 Å². The zero-order chi connectivity index (χ0) is 22.3. The summed E-state index contributed by atoms with van der Waals surface area (Å²) in [6.07, 6.45) is 17.5. The van der Waals surface area contributed by atoms with Crippen LogP contribution in [0.25, 0.3) is 0 Å². The maximum Gasteiger partial charge on any atom is 0.474 e. The van der Waals surface area contributed by atoms with Gasteiger partial charge in [-0.3, -0.25) is 18.4 Å². The van der Waals surface area contributed by atoms with Gasteiger partial charge in [-0.15, -0.1) is 0 Å². The maximum atomic E-state index is 12.0. The van der Waals surface area contributed by atoms with Gasteiger partial charge in [0.15, 0.2) is 0 Å². The summed E-state index contributed by atoms with van der Waals surface area (Å²) in [6.45, 7) is 2.94. The van der Waals surface area contributed by atoms with Gasteiger partial charge in [-0.2, -0.15) is 0 Å². The van der Waals surface area contributed by atoms with Crippen LogP contribution < -0.4 is 5.73 Å². The number of nitrogens with two attached hydrogens (primary N) is 1. The highest BCUT2D eigenvalue weighted by molar-refractivity contribution is 7.48. The highest BCUT2D eigenvalue weighted by atomic mass is 31.2. The molecule has 1 unspecified atom stereocenters. The van der Waals surface area contributed by atoms with Crippen LogP contribution in [-0.4, -0.2) is 39.4 Å². The van der Waals surface area contributed by atoms with Gasteiger partial charge in [0.25, 0.3) is 0 Å². The third-order valence-electron chi connectivity index (χ3n) is 4.88. The molecule has 0 saturated heterocycles. The van der Waals surface area contributed by atoms with Gasteiger partial charge in [0.05, 0.1) is 19.8 Å². The van der Waals surface area contributed by atoms with Gasteiger partial charge in [0.2, 0.25) is 0 Å². The summed E-state index contributed by atoms with van der Waals surface area (Å²) in [5.41, 5.74) is 5.29. The predicted molar refractivity (Wildman–Crippen MR) is 121 cm³/mol. The topological polar surface area (TPSA) is 97.1 Å². The Morgan fingerprint density at radius 1 is 0.733 bits per heavy atom. The quantitative estimate of drug-likeness (QED) is 0.113. The Morgan fingerprint density at radius 2 is 1.23 bits per heavy atom. The Morgan fingerprint density at radius 3 is 1.73 bits per heavy atom. The molecule has 0 bridgehead atoms. The number of carbonyl (C=O) groups excluding carboxylic acids is 1. The summed E-state index contributed by atoms with van der Waals surface area (Å²) in [4.78, 5) is 11.7. The first-order valence-corrected chi connectivity index (χ1v) is 13.3. The van der Waals surface area contributed by atoms with Crippen LogP contribution in [0.2, 0.25) is 0 Å². The van der Waals surface area contributed by atoms with Crippen molar-refractivity contribution in [2.45, 2.75) is 103 Å². The number of ether oxygens (including phenoxy) is 1. The Labute approximate surface area is 184 Å². The van der Waals surface area contributed by atoms with Gasteiger partial charge in [0, 0.05) is 26.5 Å². The van der Waals surface area contributed by atoms with Gasteiger partial charge < -0.3 is 10.5 Å². The summed E-state index contributed by atoms with van der Waals surface area (Å²) >= 11 is 0. The number of hydrogen-bond acceptors (Lipinski definition) is 7. The van der Waals surface area contributed by atoms with Crippen LogP contribution in [0.1, 0.15) is 103 Å². The molecule has 0 radical (unpaired) electrons. The molecule has 0 aliphatic rings. The fourth-order valence-corrected chi connectivity index (χ4v) is 4.05. The van der Waals surface area contributed by atoms with Crippen molar-refractivity contribution in [3.05, 3.63) is 0 Å². The number of phosphoric acid groups is 1. The Hall–Kier alpha value is -0.460. The van der Waals surface area contributed by atoms with Crippen LogP contribution >= 0.6 is 7.82 Å². The molecule has 0 rings (SSSR count). The van der Waals surface area contributed by atoms with E-state index in [4.69, 9.17) is 24.0 Å². The fraction of sp³-hybridized carbons (Fsp3) is 0.955. The molecule has 0 aromatic rings. The summed E-state index contributed by atoms with van der Waals surface area (Å²) < 4.78 is 31.9. The van der Waals surface area contributed by atoms with Crippen LogP contribution in [0.4, 0.5) is 0 Å². The van der Waals surface area contributed by atoms with Crippen LogP contribution in [0.15, 0.2) is 0 Å². The smallest absolute Gasteiger partial charge is 0.466 e. The van der Waals surface area contributed by atoms with E-state index in [9.17, 15) is 9.36 Å². The molecule has 0 spiro atoms. The number of hydrogen-bond donors (Lipinski definition) is 1. The normalized spacial score (nSPS) is 13.3. The lowest BCUT2D eigenvalue weighted by molar-refractivity contribution is -0.144. The first-order valence-electron chi connectivity index (χ1n) is 11.9. The SMILES string of the molecule is CCCCCCCCCCCCCCCC(=O)OCCCOP(=O)(OC)OCCN. The average Bonchev–Trinajstić information content (AvgIpc) is 2.75. The molecule has 0 aromatic heterocycles. The lowest BCUT2D eigenvalue weighted by Gasteiger charge is -2.15. The van der Waals surface area contributed by atoms with E-state index < -0.39 is 7.82 Å². The van der Waals surface area contributed by atoms with E-state index in [0.717, 1.165) is 12.8 Å². The second-order valence-electron chi connectivity index (χ2n) is 7.65. The maximum absolute atomic E-state index is 12.0. The van der Waals surface area contributed by atoms with Crippen molar-refractivity contribution < 1.29 is 27.7 Å². The molecule has 0 aliphatic heterocycles. The molecule has 0 saturated carbocycles. The highest BCUT2D eigenvalue weighted by Gasteiger charge is 2.24. The summed E-state index contributed by atoms with van der Waals surface area (Å²) in [6, 6.07) is 0. The van der Waals surface area contributed by atoms with E-state index in [0.29, 0.717) is 12.8 Å². The third-order valence-corrected chi connectivity index (χ3v) is 6.32. The molecule has 30 heavy (non-hydrogen) atoms. The lowest BCUT2D eigenvalue weighted by atomic mass is 10.0. The number of carbonyl (C=O) groups is 1. The van der Waals surface area contributed by atoms with Gasteiger partial charge in [-0.05, 0) is 6.42 Å². The molecule has 0 aliphatic carbocycles. The molecule has 8 heteroatoms. The molecule has 0 amide bonds. The number of rotatable bonds is 23. The van der Waals surface area contributed by atoms with Gasteiger partial charge in [-0.1, -0.05) is 84.0 Å². The zero-order valence-electron chi connectivity index (χ0n) is 19.4. The minimum absolute atomic E-state index is 0.0965. The van der Waals surface area contributed by atoms with E-state index in [2.05, 4.69) is 6.92 Å². The summed E-state index contributed by atoms with van der Waals surface area (Å²) in [7, 11) is -2.29. The summed E-state index contributed by atoms with van der Waals surface area (Å²) in [5, 5.41) is 0. The Kier molecular flexibility index (Phi) is 21.4. The van der Waals surface area contributed by atoms with E-state index >= 15 is 0 Å². The first-order chi connectivity index (χ1) is 14.6. The molecule has 2 N–H and O–H groups in total. The molecule has 0 fully saturated rings. The fourth-order valence-electron chi connectivity index (χ4n) is 3.09. The number of unbranched alkanes of at least 4 members (excludes halogenated alkanes) is 12. The number of phosphoric ester groups is 1. The van der Waals surface area contributed by atoms with Crippen molar-refractivity contribution in [3.8, 4) is 0 Å². The Bertz CT molecular complexity index is 436. The van der Waals surface area contributed by atoms with Crippen molar-refractivity contribution in [2.24, 2.45) is 5.73 Å². The average molecular weight is 452 g/mol. The number of esters is 1. The lowest BCUT2D eigenvalue weighted by Crippen LogP contribution is -2.10. The second kappa shape index (κ2) is 21.8. The van der Waals surface area contributed by atoms with Gasteiger partial charge >= 0.3 is 13.8 Å². The van der Waals surface area contributed by atoms with Crippen LogP contribution in [0.5, 0.6) is 0 Å². The monoisotopic (exact) mass is 451 g/mol. The zero-order valence-corrected chi connectivity index (χ0v) is 20.3. The van der Waals surface area contributed by atoms with Crippen LogP contribution in [0.3, 0.4) is 0 Å². The van der Waals surface area contributed by atoms with Crippen LogP contribution in [0, 0.1) is 0 Å². The molecule has 0 heterocycles. The van der Waals surface area contributed by atoms with Crippen molar-refractivity contribution >= 4 is 13.8 Å². The van der Waals surface area contributed by atoms with E-state index in [1.54, 1.807) is 0 Å². The second-order valence-corrected chi connectivity index (χ2v) is 9.43. The van der Waals surface area contributed by atoms with E-state index in [1.807, 2.05) is 0 Å². The highest BCUT2D eigenvalue weighted by Crippen LogP contribution is 2.48. The van der Waals surface area contributed by atoms with Crippen molar-refractivity contribution in [2.75, 3.05) is 33.5 Å². The molecule has 1 atom stereocenters. The Balaban J connectivity index is 3.39. The first kappa shape index (κ1) is 29.5. The van der Waals surface area contributed by atoms with Crippen molar-refractivity contribution in [3.63, 3.8) is 0 Å². The molecular weight excluding hydrogens is 405 g/mol. The van der Waals surface area contributed by atoms with Crippen LogP contribution in [-0.2, 0) is 27.7 Å². The van der Waals surface area contributed by atoms with Gasteiger partial charge in [0.1, 0.15) is 0 Å². The van der Waals surface area contributed by atoms with Crippen molar-refractivity contribution in [1.29, 1.82) is 0 Å². The molecule has 0 aromatic carbocycles. The minimum atomic E-state index is -3.55. The molecule has 180 valence electrons. The van der Waals surface area contributed by atoms with Gasteiger partial charge in [-0.25, -0.2) is 4.57 Å². The van der Waals surface area contributed by atoms with E-state index in [-0.39, 0.29) is 32.3 Å². The predicted octanol–water partition coefficient (Wildman–Crippen LogP) is 6.15. The molecular formula is C22H46NO6P. The summed E-state index contributed by atoms with van der Waals surface area (Å²) in [5.74, 6) is -0.188. The third kappa shape index (κ3) is 19.5. The van der Waals surface area contributed by atoms with E-state index in [1.165, 1.54) is 77.7 Å². The minimum Gasteiger partial charge on any atom is -0.466 e. The molecule has 7 nitrogen and oxygen atoms in total.